The lowest BCUT2D eigenvalue weighted by Crippen LogP contribution is -2.21. The van der Waals surface area contributed by atoms with Gasteiger partial charge in [-0.05, 0) is 36.4 Å². The third-order valence-corrected chi connectivity index (χ3v) is 5.15. The summed E-state index contributed by atoms with van der Waals surface area (Å²) in [6.45, 7) is 0. The van der Waals surface area contributed by atoms with Crippen LogP contribution in [0.3, 0.4) is 0 Å². The molecule has 0 bridgehead atoms. The summed E-state index contributed by atoms with van der Waals surface area (Å²) in [5.41, 5.74) is 2.75. The number of hydrogen-bond donors (Lipinski definition) is 1. The van der Waals surface area contributed by atoms with Gasteiger partial charge in [-0.2, -0.15) is 0 Å². The Morgan fingerprint density at radius 3 is 2.00 bits per heavy atom. The van der Waals surface area contributed by atoms with Crippen molar-refractivity contribution >= 4 is 34.7 Å². The number of anilines is 2. The van der Waals surface area contributed by atoms with Gasteiger partial charge >= 0.3 is 5.97 Å². The zero-order chi connectivity index (χ0) is 22.3. The highest BCUT2D eigenvalue weighted by Gasteiger charge is 2.27. The topological polar surface area (TPSA) is 55.4 Å². The molecule has 0 saturated heterocycles. The number of ether oxygens (including phenoxy) is 1. The fourth-order valence-electron chi connectivity index (χ4n) is 3.28. The van der Waals surface area contributed by atoms with Gasteiger partial charge in [0.2, 0.25) is 5.78 Å². The third kappa shape index (κ3) is 5.05. The highest BCUT2D eigenvalue weighted by Crippen LogP contribution is 2.28. The zero-order valence-electron chi connectivity index (χ0n) is 17.1. The molecular weight excluding hydrogens is 422 g/mol. The van der Waals surface area contributed by atoms with Crippen molar-refractivity contribution in [3.05, 3.63) is 131 Å². The van der Waals surface area contributed by atoms with Crippen LogP contribution in [-0.4, -0.2) is 11.8 Å². The lowest BCUT2D eigenvalue weighted by atomic mass is 9.99. The summed E-state index contributed by atoms with van der Waals surface area (Å²) in [5, 5.41) is 3.76. The van der Waals surface area contributed by atoms with Gasteiger partial charge < -0.3 is 10.1 Å². The van der Waals surface area contributed by atoms with Crippen molar-refractivity contribution in [2.24, 2.45) is 0 Å². The molecule has 4 aromatic rings. The van der Waals surface area contributed by atoms with Crippen LogP contribution in [0.5, 0.6) is 0 Å². The Morgan fingerprint density at radius 1 is 0.719 bits per heavy atom. The first kappa shape index (κ1) is 21.3. The van der Waals surface area contributed by atoms with Crippen LogP contribution in [0.4, 0.5) is 11.4 Å². The maximum absolute atomic E-state index is 13.2. The molecular formula is C27H20ClNO3. The van der Waals surface area contributed by atoms with Crippen LogP contribution >= 0.6 is 11.6 Å². The van der Waals surface area contributed by atoms with E-state index in [9.17, 15) is 9.59 Å². The minimum Gasteiger partial charge on any atom is -0.445 e. The summed E-state index contributed by atoms with van der Waals surface area (Å²) in [5.74, 6) is -0.914. The smallest absolute Gasteiger partial charge is 0.341 e. The van der Waals surface area contributed by atoms with Gasteiger partial charge in [-0.25, -0.2) is 4.79 Å². The van der Waals surface area contributed by atoms with Crippen LogP contribution in [0.15, 0.2) is 109 Å². The molecule has 5 heteroatoms. The highest BCUT2D eigenvalue weighted by molar-refractivity contribution is 6.30. The van der Waals surface area contributed by atoms with E-state index in [1.54, 1.807) is 66.7 Å². The molecule has 0 radical (unpaired) electrons. The molecule has 0 unspecified atom stereocenters. The number of hydrogen-bond acceptors (Lipinski definition) is 4. The summed E-state index contributed by atoms with van der Waals surface area (Å²) in [6.07, 6.45) is -1.10. The molecule has 1 N–H and O–H groups in total. The number of Topliss-reactive ketones (excluding diaryl/α,β-unsaturated/α-hetero) is 1. The van der Waals surface area contributed by atoms with Gasteiger partial charge in [0.1, 0.15) is 0 Å². The molecule has 158 valence electrons. The first-order valence-corrected chi connectivity index (χ1v) is 10.5. The minimum absolute atomic E-state index is 0.310. The fourth-order valence-corrected chi connectivity index (χ4v) is 3.41. The van der Waals surface area contributed by atoms with Crippen LogP contribution in [-0.2, 0) is 4.74 Å². The van der Waals surface area contributed by atoms with Gasteiger partial charge in [0, 0.05) is 21.8 Å². The van der Waals surface area contributed by atoms with Crippen molar-refractivity contribution in [1.82, 2.24) is 0 Å². The summed E-state index contributed by atoms with van der Waals surface area (Å²) in [7, 11) is 0. The Bertz CT molecular complexity index is 1210. The van der Waals surface area contributed by atoms with Crippen molar-refractivity contribution < 1.29 is 14.3 Å². The summed E-state index contributed by atoms with van der Waals surface area (Å²) in [4.78, 5) is 26.4. The molecule has 0 fully saturated rings. The molecule has 32 heavy (non-hydrogen) atoms. The monoisotopic (exact) mass is 441 g/mol. The van der Waals surface area contributed by atoms with Crippen LogP contribution in [0.1, 0.15) is 32.4 Å². The number of esters is 1. The van der Waals surface area contributed by atoms with E-state index >= 15 is 0 Å². The molecule has 1 atom stereocenters. The standard InChI is InChI=1S/C27H20ClNO3/c28-21-17-15-20(16-18-21)26(25(30)19-9-3-1-4-10-19)32-27(31)23-13-7-8-14-24(23)29-22-11-5-2-6-12-22/h1-18,26,29H/t26-/m0/s1. The lowest BCUT2D eigenvalue weighted by Gasteiger charge is -2.19. The van der Waals surface area contributed by atoms with Crippen LogP contribution in [0.2, 0.25) is 5.02 Å². The van der Waals surface area contributed by atoms with Crippen molar-refractivity contribution in [3.8, 4) is 0 Å². The number of carbonyl (C=O) groups excluding carboxylic acids is 2. The number of rotatable bonds is 7. The molecule has 4 rings (SSSR count). The number of carbonyl (C=O) groups is 2. The van der Waals surface area contributed by atoms with E-state index < -0.39 is 12.1 Å². The second-order valence-electron chi connectivity index (χ2n) is 7.10. The SMILES string of the molecule is O=C(O[C@H](C(=O)c1ccccc1)c1ccc(Cl)cc1)c1ccccc1Nc1ccccc1. The quantitative estimate of drug-likeness (QED) is 0.251. The van der Waals surface area contributed by atoms with E-state index in [2.05, 4.69) is 5.32 Å². The molecule has 0 aliphatic carbocycles. The number of ketones is 1. The Kier molecular flexibility index (Phi) is 6.63. The van der Waals surface area contributed by atoms with E-state index in [1.165, 1.54) is 0 Å². The first-order chi connectivity index (χ1) is 15.6. The van der Waals surface area contributed by atoms with Crippen LogP contribution in [0, 0.1) is 0 Å². The predicted octanol–water partition coefficient (Wildman–Crippen LogP) is 6.86. The first-order valence-electron chi connectivity index (χ1n) is 10.1. The normalized spacial score (nSPS) is 11.4. The predicted molar refractivity (Wildman–Crippen MR) is 127 cm³/mol. The molecule has 0 heterocycles. The van der Waals surface area contributed by atoms with Gasteiger partial charge in [0.25, 0.3) is 0 Å². The third-order valence-electron chi connectivity index (χ3n) is 4.89. The second kappa shape index (κ2) is 9.94. The van der Waals surface area contributed by atoms with Crippen LogP contribution < -0.4 is 5.32 Å². The van der Waals surface area contributed by atoms with Gasteiger partial charge in [-0.3, -0.25) is 4.79 Å². The Hall–Kier alpha value is -3.89. The molecule has 4 aromatic carbocycles. The van der Waals surface area contributed by atoms with Crippen molar-refractivity contribution in [1.29, 1.82) is 0 Å². The van der Waals surface area contributed by atoms with E-state index in [0.29, 0.717) is 27.4 Å². The largest absolute Gasteiger partial charge is 0.445 e. The van der Waals surface area contributed by atoms with Crippen molar-refractivity contribution in [2.45, 2.75) is 6.10 Å². The van der Waals surface area contributed by atoms with E-state index in [0.717, 1.165) is 5.69 Å². The Morgan fingerprint density at radius 2 is 1.31 bits per heavy atom. The van der Waals surface area contributed by atoms with Gasteiger partial charge in [-0.1, -0.05) is 84.4 Å². The molecule has 0 aliphatic heterocycles. The Balaban J connectivity index is 1.65. The average molecular weight is 442 g/mol. The summed E-state index contributed by atoms with van der Waals surface area (Å²) < 4.78 is 5.79. The average Bonchev–Trinajstić information content (AvgIpc) is 2.84. The summed E-state index contributed by atoms with van der Waals surface area (Å²) in [6, 6.07) is 32.0. The van der Waals surface area contributed by atoms with Gasteiger partial charge in [-0.15, -0.1) is 0 Å². The Labute approximate surface area is 191 Å². The number of para-hydroxylation sites is 2. The molecule has 0 aromatic heterocycles. The summed E-state index contributed by atoms with van der Waals surface area (Å²) >= 11 is 6.01. The van der Waals surface area contributed by atoms with Crippen LogP contribution in [0.25, 0.3) is 0 Å². The highest BCUT2D eigenvalue weighted by atomic mass is 35.5. The fraction of sp³-hybridized carbons (Fsp3) is 0.0370. The second-order valence-corrected chi connectivity index (χ2v) is 7.54. The lowest BCUT2D eigenvalue weighted by molar-refractivity contribution is 0.0281. The van der Waals surface area contributed by atoms with Crippen molar-refractivity contribution in [2.75, 3.05) is 5.32 Å². The number of nitrogens with one attached hydrogen (secondary N) is 1. The molecule has 4 nitrogen and oxygen atoms in total. The van der Waals surface area contributed by atoms with Gasteiger partial charge in [0.05, 0.1) is 11.3 Å². The van der Waals surface area contributed by atoms with Crippen molar-refractivity contribution in [3.63, 3.8) is 0 Å². The minimum atomic E-state index is -1.10. The maximum atomic E-state index is 13.2. The molecule has 0 saturated carbocycles. The van der Waals surface area contributed by atoms with Gasteiger partial charge in [0.15, 0.2) is 6.10 Å². The number of benzene rings is 4. The molecule has 0 amide bonds. The maximum Gasteiger partial charge on any atom is 0.341 e. The molecule has 0 spiro atoms. The van der Waals surface area contributed by atoms with E-state index in [4.69, 9.17) is 16.3 Å². The van der Waals surface area contributed by atoms with E-state index in [1.807, 2.05) is 42.5 Å². The number of halogens is 1. The zero-order valence-corrected chi connectivity index (χ0v) is 17.8. The molecule has 0 aliphatic rings. The van der Waals surface area contributed by atoms with E-state index in [-0.39, 0.29) is 5.78 Å².